The predicted molar refractivity (Wildman–Crippen MR) is 125 cm³/mol. The molecule has 6 heteroatoms. The third-order valence-corrected chi connectivity index (χ3v) is 6.26. The van der Waals surface area contributed by atoms with Crippen LogP contribution >= 0.6 is 0 Å². The van der Waals surface area contributed by atoms with E-state index in [1.165, 1.54) is 5.56 Å². The van der Waals surface area contributed by atoms with E-state index in [2.05, 4.69) is 51.9 Å². The second-order valence-corrected chi connectivity index (χ2v) is 8.51. The zero-order chi connectivity index (χ0) is 22.5. The molecule has 4 rings (SSSR count). The molecule has 0 bridgehead atoms. The summed E-state index contributed by atoms with van der Waals surface area (Å²) in [6.07, 6.45) is 1.70. The van der Waals surface area contributed by atoms with Crippen molar-refractivity contribution in [3.63, 3.8) is 0 Å². The van der Waals surface area contributed by atoms with Crippen LogP contribution in [0, 0.1) is 19.8 Å². The number of rotatable bonds is 6. The molecule has 0 spiro atoms. The molecule has 1 aliphatic rings. The molecule has 0 saturated carbocycles. The Hall–Kier alpha value is -3.41. The van der Waals surface area contributed by atoms with Crippen molar-refractivity contribution >= 4 is 11.8 Å². The minimum Gasteiger partial charge on any atom is -0.354 e. The van der Waals surface area contributed by atoms with E-state index in [0.717, 1.165) is 28.1 Å². The molecule has 1 aliphatic heterocycles. The fraction of sp³-hybridized carbons (Fsp3) is 0.346. The van der Waals surface area contributed by atoms with Gasteiger partial charge in [-0.15, -0.1) is 0 Å². The van der Waals surface area contributed by atoms with E-state index in [4.69, 9.17) is 0 Å². The van der Waals surface area contributed by atoms with Gasteiger partial charge in [-0.05, 0) is 48.9 Å². The number of aromatic nitrogens is 2. The van der Waals surface area contributed by atoms with E-state index in [0.29, 0.717) is 38.9 Å². The van der Waals surface area contributed by atoms with Gasteiger partial charge in [-0.1, -0.05) is 54.6 Å². The van der Waals surface area contributed by atoms with E-state index in [-0.39, 0.29) is 17.7 Å². The number of nitrogens with one attached hydrogen (secondary N) is 2. The zero-order valence-corrected chi connectivity index (χ0v) is 18.7. The Morgan fingerprint density at radius 1 is 1.06 bits per heavy atom. The minimum absolute atomic E-state index is 0.0222. The molecule has 3 aromatic rings. The van der Waals surface area contributed by atoms with Crippen LogP contribution in [0.3, 0.4) is 0 Å². The lowest BCUT2D eigenvalue weighted by Crippen LogP contribution is -2.37. The Labute approximate surface area is 189 Å². The van der Waals surface area contributed by atoms with Gasteiger partial charge in [0.1, 0.15) is 0 Å². The first-order valence-electron chi connectivity index (χ1n) is 11.2. The first kappa shape index (κ1) is 21.8. The number of hydrogen-bond acceptors (Lipinski definition) is 3. The fourth-order valence-electron chi connectivity index (χ4n) is 4.36. The molecular weight excluding hydrogens is 400 g/mol. The van der Waals surface area contributed by atoms with Gasteiger partial charge in [0, 0.05) is 31.7 Å². The van der Waals surface area contributed by atoms with Crippen LogP contribution in [0.2, 0.25) is 0 Å². The first-order valence-corrected chi connectivity index (χ1v) is 11.2. The van der Waals surface area contributed by atoms with E-state index in [1.807, 2.05) is 36.9 Å². The topological polar surface area (TPSA) is 78.1 Å². The fourth-order valence-corrected chi connectivity index (χ4v) is 4.36. The highest BCUT2D eigenvalue weighted by Crippen LogP contribution is 2.21. The largest absolute Gasteiger partial charge is 0.354 e. The Balaban J connectivity index is 1.39. The molecule has 2 heterocycles. The van der Waals surface area contributed by atoms with Crippen LogP contribution in [-0.4, -0.2) is 46.5 Å². The van der Waals surface area contributed by atoms with Crippen molar-refractivity contribution in [2.45, 2.75) is 33.1 Å². The number of aromatic amines is 1. The maximum atomic E-state index is 12.9. The van der Waals surface area contributed by atoms with Crippen molar-refractivity contribution in [2.24, 2.45) is 5.92 Å². The summed E-state index contributed by atoms with van der Waals surface area (Å²) in [4.78, 5) is 27.4. The van der Waals surface area contributed by atoms with Crippen LogP contribution in [0.1, 0.15) is 28.9 Å². The summed E-state index contributed by atoms with van der Waals surface area (Å²) in [6, 6.07) is 18.6. The molecule has 1 fully saturated rings. The summed E-state index contributed by atoms with van der Waals surface area (Å²) in [5.74, 6) is -0.138. The summed E-state index contributed by atoms with van der Waals surface area (Å²) >= 11 is 0. The van der Waals surface area contributed by atoms with Crippen molar-refractivity contribution in [1.29, 1.82) is 0 Å². The average molecular weight is 431 g/mol. The summed E-state index contributed by atoms with van der Waals surface area (Å²) in [7, 11) is 0. The monoisotopic (exact) mass is 430 g/mol. The number of H-pyrrole nitrogens is 1. The number of amides is 2. The van der Waals surface area contributed by atoms with Crippen molar-refractivity contribution < 1.29 is 9.59 Å². The standard InChI is InChI=1S/C26H30N4O2/c1-18-24(19(2)29-28-18)12-13-25(31)30-15-14-27-26(32)23(17-30)16-20-8-10-22(11-9-20)21-6-4-3-5-7-21/h3-11,23H,12-17H2,1-2H3,(H,27,32)(H,28,29)/t23-/m0/s1. The summed E-state index contributed by atoms with van der Waals surface area (Å²) in [5.41, 5.74) is 6.49. The number of aryl methyl sites for hydroxylation is 2. The summed E-state index contributed by atoms with van der Waals surface area (Å²) in [6.45, 7) is 5.44. The third-order valence-electron chi connectivity index (χ3n) is 6.26. The summed E-state index contributed by atoms with van der Waals surface area (Å²) in [5, 5.41) is 10.2. The summed E-state index contributed by atoms with van der Waals surface area (Å²) < 4.78 is 0. The number of carbonyl (C=O) groups excluding carboxylic acids is 2. The highest BCUT2D eigenvalue weighted by Gasteiger charge is 2.27. The van der Waals surface area contributed by atoms with Gasteiger partial charge in [-0.2, -0.15) is 5.10 Å². The number of hydrogen-bond donors (Lipinski definition) is 2. The molecule has 0 unspecified atom stereocenters. The van der Waals surface area contributed by atoms with Gasteiger partial charge >= 0.3 is 0 Å². The molecule has 1 atom stereocenters. The molecule has 2 aromatic carbocycles. The molecule has 0 radical (unpaired) electrons. The van der Waals surface area contributed by atoms with Crippen molar-refractivity contribution in [1.82, 2.24) is 20.4 Å². The van der Waals surface area contributed by atoms with Gasteiger partial charge in [0.2, 0.25) is 11.8 Å². The van der Waals surface area contributed by atoms with E-state index in [1.54, 1.807) is 0 Å². The lowest BCUT2D eigenvalue weighted by molar-refractivity contribution is -0.132. The quantitative estimate of drug-likeness (QED) is 0.629. The lowest BCUT2D eigenvalue weighted by Gasteiger charge is -2.23. The molecule has 166 valence electrons. The van der Waals surface area contributed by atoms with Gasteiger partial charge in [0.15, 0.2) is 0 Å². The second-order valence-electron chi connectivity index (χ2n) is 8.51. The Kier molecular flexibility index (Phi) is 6.69. The van der Waals surface area contributed by atoms with Crippen LogP contribution in [0.25, 0.3) is 11.1 Å². The molecule has 0 aliphatic carbocycles. The highest BCUT2D eigenvalue weighted by molar-refractivity contribution is 5.82. The Morgan fingerprint density at radius 2 is 1.78 bits per heavy atom. The minimum atomic E-state index is -0.249. The number of nitrogens with zero attached hydrogens (tertiary/aromatic N) is 2. The first-order chi connectivity index (χ1) is 15.5. The van der Waals surface area contributed by atoms with E-state index < -0.39 is 0 Å². The highest BCUT2D eigenvalue weighted by atomic mass is 16.2. The van der Waals surface area contributed by atoms with Gasteiger partial charge in [0.25, 0.3) is 0 Å². The van der Waals surface area contributed by atoms with E-state index >= 15 is 0 Å². The van der Waals surface area contributed by atoms with E-state index in [9.17, 15) is 9.59 Å². The molecule has 6 nitrogen and oxygen atoms in total. The van der Waals surface area contributed by atoms with Crippen LogP contribution in [0.4, 0.5) is 0 Å². The van der Waals surface area contributed by atoms with Crippen LogP contribution in [0.5, 0.6) is 0 Å². The molecule has 2 amide bonds. The van der Waals surface area contributed by atoms with Crippen LogP contribution < -0.4 is 5.32 Å². The molecular formula is C26H30N4O2. The third kappa shape index (κ3) is 5.07. The Bertz CT molecular complexity index is 1050. The molecule has 1 aromatic heterocycles. The van der Waals surface area contributed by atoms with Crippen molar-refractivity contribution in [2.75, 3.05) is 19.6 Å². The Morgan fingerprint density at radius 3 is 2.47 bits per heavy atom. The van der Waals surface area contributed by atoms with Gasteiger partial charge in [-0.3, -0.25) is 14.7 Å². The molecule has 1 saturated heterocycles. The lowest BCUT2D eigenvalue weighted by atomic mass is 9.96. The van der Waals surface area contributed by atoms with Crippen LogP contribution in [0.15, 0.2) is 54.6 Å². The smallest absolute Gasteiger partial charge is 0.225 e. The normalized spacial score (nSPS) is 16.5. The molecule has 2 N–H and O–H groups in total. The average Bonchev–Trinajstić information content (AvgIpc) is 3.01. The zero-order valence-electron chi connectivity index (χ0n) is 18.7. The van der Waals surface area contributed by atoms with Crippen molar-refractivity contribution in [3.8, 4) is 11.1 Å². The number of benzene rings is 2. The maximum Gasteiger partial charge on any atom is 0.225 e. The predicted octanol–water partition coefficient (Wildman–Crippen LogP) is 3.44. The SMILES string of the molecule is Cc1n[nH]c(C)c1CCC(=O)N1CCNC(=O)[C@@H](Cc2ccc(-c3ccccc3)cc2)C1. The second kappa shape index (κ2) is 9.81. The maximum absolute atomic E-state index is 12.9. The number of carbonyl (C=O) groups is 2. The van der Waals surface area contributed by atoms with Crippen LogP contribution in [-0.2, 0) is 22.4 Å². The van der Waals surface area contributed by atoms with Gasteiger partial charge < -0.3 is 10.2 Å². The molecule has 32 heavy (non-hydrogen) atoms. The van der Waals surface area contributed by atoms with Gasteiger partial charge in [0.05, 0.1) is 11.6 Å². The van der Waals surface area contributed by atoms with Crippen molar-refractivity contribution in [3.05, 3.63) is 77.1 Å². The van der Waals surface area contributed by atoms with Gasteiger partial charge in [-0.25, -0.2) is 0 Å².